The van der Waals surface area contributed by atoms with E-state index >= 15 is 0 Å². The molecule has 0 radical (unpaired) electrons. The predicted molar refractivity (Wildman–Crippen MR) is 167 cm³/mol. The maximum Gasteiger partial charge on any atom is 0.272 e. The summed E-state index contributed by atoms with van der Waals surface area (Å²) in [5.41, 5.74) is 7.72. The first-order valence-electron chi connectivity index (χ1n) is 14.5. The van der Waals surface area contributed by atoms with Gasteiger partial charge in [-0.05, 0) is 53.8 Å². The molecular weight excluding hydrogens is 528 g/mol. The average Bonchev–Trinajstić information content (AvgIpc) is 3.04. The third-order valence-corrected chi connectivity index (χ3v) is 7.68. The number of carbonyl (C=O) groups excluding carboxylic acids is 1. The maximum absolute atomic E-state index is 13.3. The minimum atomic E-state index is -0.308. The van der Waals surface area contributed by atoms with Gasteiger partial charge in [0, 0.05) is 30.6 Å². The summed E-state index contributed by atoms with van der Waals surface area (Å²) in [4.78, 5) is 20.5. The second-order valence-corrected chi connectivity index (χ2v) is 10.4. The van der Waals surface area contributed by atoms with E-state index in [-0.39, 0.29) is 5.91 Å². The van der Waals surface area contributed by atoms with E-state index in [2.05, 4.69) is 53.5 Å². The topological polar surface area (TPSA) is 85.3 Å². The Labute approximate surface area is 247 Å². The number of amides is 1. The van der Waals surface area contributed by atoms with Crippen LogP contribution in [0.25, 0.3) is 22.2 Å². The van der Waals surface area contributed by atoms with Gasteiger partial charge in [0.2, 0.25) is 0 Å². The number of methoxy groups -OCH3 is 1. The van der Waals surface area contributed by atoms with Crippen LogP contribution in [0.15, 0.2) is 77.9 Å². The Morgan fingerprint density at radius 2 is 1.86 bits per heavy atom. The van der Waals surface area contributed by atoms with Crippen LogP contribution in [0.4, 0.5) is 0 Å². The number of nitrogens with zero attached hydrogens (tertiary/aromatic N) is 3. The number of morpholine rings is 1. The fourth-order valence-electron chi connectivity index (χ4n) is 4.95. The lowest BCUT2D eigenvalue weighted by Crippen LogP contribution is -2.38. The zero-order valence-electron chi connectivity index (χ0n) is 24.5. The molecular formula is C34H38N4O4. The number of hydrazone groups is 1. The minimum absolute atomic E-state index is 0.308. The van der Waals surface area contributed by atoms with Crippen molar-refractivity contribution >= 4 is 23.0 Å². The lowest BCUT2D eigenvalue weighted by molar-refractivity contribution is 0.0321. The van der Waals surface area contributed by atoms with Crippen molar-refractivity contribution in [1.82, 2.24) is 15.3 Å². The van der Waals surface area contributed by atoms with Gasteiger partial charge >= 0.3 is 0 Å². The van der Waals surface area contributed by atoms with E-state index in [1.807, 2.05) is 48.5 Å². The molecule has 5 rings (SSSR count). The largest absolute Gasteiger partial charge is 0.493 e. The molecule has 1 fully saturated rings. The Balaban J connectivity index is 1.28. The average molecular weight is 567 g/mol. The zero-order chi connectivity index (χ0) is 29.3. The number of hydrogen-bond donors (Lipinski definition) is 1. The number of carbonyl (C=O) groups is 1. The first kappa shape index (κ1) is 29.2. The van der Waals surface area contributed by atoms with Crippen LogP contribution in [0.3, 0.4) is 0 Å². The van der Waals surface area contributed by atoms with Crippen molar-refractivity contribution in [3.05, 3.63) is 89.5 Å². The van der Waals surface area contributed by atoms with E-state index in [4.69, 9.17) is 19.2 Å². The second kappa shape index (κ2) is 14.1. The first-order chi connectivity index (χ1) is 20.6. The Morgan fingerprint density at radius 1 is 1.07 bits per heavy atom. The molecule has 0 bridgehead atoms. The molecule has 1 aliphatic heterocycles. The van der Waals surface area contributed by atoms with E-state index in [9.17, 15) is 4.79 Å². The van der Waals surface area contributed by atoms with Crippen LogP contribution in [-0.4, -0.2) is 68.6 Å². The summed E-state index contributed by atoms with van der Waals surface area (Å²) >= 11 is 0. The number of para-hydroxylation sites is 1. The highest BCUT2D eigenvalue weighted by molar-refractivity contribution is 6.07. The molecule has 8 nitrogen and oxygen atoms in total. The SMILES string of the molecule is CC[C@@H](C)c1ccc(-c2cc(C(=O)N/N=C\c3ccc(OCCN4CCOCC4)c(OC)c3)c3ccccc3n2)cc1. The third-order valence-electron chi connectivity index (χ3n) is 7.68. The van der Waals surface area contributed by atoms with Crippen LogP contribution in [-0.2, 0) is 4.74 Å². The number of hydrogen-bond acceptors (Lipinski definition) is 7. The van der Waals surface area contributed by atoms with E-state index in [1.165, 1.54) is 5.56 Å². The van der Waals surface area contributed by atoms with Crippen molar-refractivity contribution < 1.29 is 19.0 Å². The second-order valence-electron chi connectivity index (χ2n) is 10.4. The van der Waals surface area contributed by atoms with E-state index in [1.54, 1.807) is 13.3 Å². The van der Waals surface area contributed by atoms with Crippen molar-refractivity contribution in [2.45, 2.75) is 26.2 Å². The number of nitrogens with one attached hydrogen (secondary N) is 1. The molecule has 1 atom stereocenters. The number of benzene rings is 3. The molecule has 1 aliphatic rings. The Morgan fingerprint density at radius 3 is 2.62 bits per heavy atom. The highest BCUT2D eigenvalue weighted by atomic mass is 16.5. The van der Waals surface area contributed by atoms with E-state index in [0.29, 0.717) is 29.6 Å². The molecule has 2 heterocycles. The normalized spacial score (nSPS) is 14.6. The van der Waals surface area contributed by atoms with E-state index < -0.39 is 0 Å². The van der Waals surface area contributed by atoms with Gasteiger partial charge in [0.1, 0.15) is 6.61 Å². The fourth-order valence-corrected chi connectivity index (χ4v) is 4.95. The number of aromatic nitrogens is 1. The van der Waals surface area contributed by atoms with Crippen molar-refractivity contribution in [3.8, 4) is 22.8 Å². The highest BCUT2D eigenvalue weighted by Gasteiger charge is 2.15. The standard InChI is InChI=1S/C34H38N4O4/c1-4-24(2)26-10-12-27(13-11-26)31-22-29(28-7-5-6-8-30(28)36-31)34(39)37-35-23-25-9-14-32(33(21-25)40-3)42-20-17-38-15-18-41-19-16-38/h5-14,21-24H,4,15-20H2,1-3H3,(H,37,39)/b35-23-/t24-/m1/s1. The Bertz CT molecular complexity index is 1530. The van der Waals surface area contributed by atoms with Gasteiger partial charge in [-0.15, -0.1) is 0 Å². The molecule has 0 aliphatic carbocycles. The third kappa shape index (κ3) is 7.13. The van der Waals surface area contributed by atoms with Gasteiger partial charge in [-0.25, -0.2) is 10.4 Å². The van der Waals surface area contributed by atoms with Crippen LogP contribution in [0.5, 0.6) is 11.5 Å². The summed E-state index contributed by atoms with van der Waals surface area (Å²) in [5, 5.41) is 5.01. The first-order valence-corrected chi connectivity index (χ1v) is 14.5. The molecule has 1 amide bonds. The van der Waals surface area contributed by atoms with Crippen LogP contribution in [0, 0.1) is 0 Å². The molecule has 1 saturated heterocycles. The molecule has 3 aromatic carbocycles. The summed E-state index contributed by atoms with van der Waals surface area (Å²) < 4.78 is 16.9. The number of rotatable bonds is 11. The Kier molecular flexibility index (Phi) is 9.79. The van der Waals surface area contributed by atoms with Crippen molar-refractivity contribution in [1.29, 1.82) is 0 Å². The molecule has 0 saturated carbocycles. The van der Waals surface area contributed by atoms with Crippen LogP contribution in [0.2, 0.25) is 0 Å². The van der Waals surface area contributed by atoms with Crippen molar-refractivity contribution in [3.63, 3.8) is 0 Å². The van der Waals surface area contributed by atoms with Crippen LogP contribution < -0.4 is 14.9 Å². The van der Waals surface area contributed by atoms with Crippen LogP contribution in [0.1, 0.15) is 47.7 Å². The monoisotopic (exact) mass is 566 g/mol. The number of pyridine rings is 1. The van der Waals surface area contributed by atoms with Gasteiger partial charge < -0.3 is 14.2 Å². The molecule has 1 aromatic heterocycles. The molecule has 218 valence electrons. The summed E-state index contributed by atoms with van der Waals surface area (Å²) in [5.74, 6) is 1.46. The maximum atomic E-state index is 13.3. The van der Waals surface area contributed by atoms with Gasteiger partial charge in [-0.3, -0.25) is 9.69 Å². The van der Waals surface area contributed by atoms with Gasteiger partial charge in [-0.1, -0.05) is 56.3 Å². The molecule has 1 N–H and O–H groups in total. The molecule has 0 spiro atoms. The Hall–Kier alpha value is -4.27. The lowest BCUT2D eigenvalue weighted by atomic mass is 9.96. The molecule has 8 heteroatoms. The van der Waals surface area contributed by atoms with Crippen LogP contribution >= 0.6 is 0 Å². The summed E-state index contributed by atoms with van der Waals surface area (Å²) in [6, 6.07) is 23.5. The summed E-state index contributed by atoms with van der Waals surface area (Å²) in [6.45, 7) is 9.16. The van der Waals surface area contributed by atoms with Gasteiger partial charge in [-0.2, -0.15) is 5.10 Å². The van der Waals surface area contributed by atoms with Crippen molar-refractivity contribution in [2.24, 2.45) is 5.10 Å². The summed E-state index contributed by atoms with van der Waals surface area (Å²) in [6.07, 6.45) is 2.67. The molecule has 42 heavy (non-hydrogen) atoms. The molecule has 4 aromatic rings. The predicted octanol–water partition coefficient (Wildman–Crippen LogP) is 5.90. The lowest BCUT2D eigenvalue weighted by Gasteiger charge is -2.26. The van der Waals surface area contributed by atoms with Gasteiger partial charge in [0.25, 0.3) is 5.91 Å². The van der Waals surface area contributed by atoms with Gasteiger partial charge in [0.15, 0.2) is 11.5 Å². The fraction of sp³-hybridized carbons (Fsp3) is 0.324. The number of fused-ring (bicyclic) bond motifs is 1. The number of ether oxygens (including phenoxy) is 3. The summed E-state index contributed by atoms with van der Waals surface area (Å²) in [7, 11) is 1.61. The van der Waals surface area contributed by atoms with E-state index in [0.717, 1.165) is 67.0 Å². The molecule has 0 unspecified atom stereocenters. The smallest absolute Gasteiger partial charge is 0.272 e. The van der Waals surface area contributed by atoms with Crippen molar-refractivity contribution in [2.75, 3.05) is 46.6 Å². The zero-order valence-corrected chi connectivity index (χ0v) is 24.5. The minimum Gasteiger partial charge on any atom is -0.493 e. The highest BCUT2D eigenvalue weighted by Crippen LogP contribution is 2.29. The quantitative estimate of drug-likeness (QED) is 0.180. The van der Waals surface area contributed by atoms with Gasteiger partial charge in [0.05, 0.1) is 43.3 Å².